The summed E-state index contributed by atoms with van der Waals surface area (Å²) in [6.45, 7) is 12.7. The number of carbonyl (C=O) groups is 5. The number of aromatic nitrogens is 1. The number of fused-ring (bicyclic) bond motifs is 5. The molecule has 6 atom stereocenters. The van der Waals surface area contributed by atoms with Crippen molar-refractivity contribution >= 4 is 62.5 Å². The standard InChI is InChI=1S/C47H63F3N6O9S2.C2HF3O2/c1-27(2)29(5)63-43(60)52-35-12-10-8-7-9-11-13-37-46(66-37,42(59)54-67(61,62)44(6)20-21-44)53-40(57)36-25-45(26-56(36)41(35)58)19-16-32-33-24-31(64-30-17-22-55(23-18-30)28(3)4)14-15-34(33)51-39(38(32)65-45)47(48,49)50;3-2(4,5)1(6)7/h11,13-15,24,27-30,35-37H,7-10,12,16-23,25-26H2,1-6H3,(H,52,60)(H,53,57)(H,54,59);(H,6,7)/b13-11-;/t29?,35-,36?,37-,45+,46-;/m0./s1. The van der Waals surface area contributed by atoms with Gasteiger partial charge in [-0.15, -0.1) is 11.8 Å². The van der Waals surface area contributed by atoms with E-state index < -0.39 is 102 Å². The molecule has 1 aliphatic carbocycles. The predicted molar refractivity (Wildman–Crippen MR) is 259 cm³/mol. The molecular weight excluding hydrogens is 1030 g/mol. The first-order chi connectivity index (χ1) is 34.5. The van der Waals surface area contributed by atoms with Crippen molar-refractivity contribution in [1.29, 1.82) is 0 Å². The number of nitrogens with one attached hydrogen (secondary N) is 3. The summed E-state index contributed by atoms with van der Waals surface area (Å²) in [5.74, 6) is -5.23. The number of nitrogens with zero attached hydrogens (tertiary/aromatic N) is 3. The van der Waals surface area contributed by atoms with Gasteiger partial charge in [0.05, 0.1) is 22.1 Å². The van der Waals surface area contributed by atoms with E-state index in [1.54, 1.807) is 25.1 Å². The highest BCUT2D eigenvalue weighted by Gasteiger charge is 2.65. The topological polar surface area (TPSA) is 223 Å². The first-order valence-electron chi connectivity index (χ1n) is 24.9. The van der Waals surface area contributed by atoms with Gasteiger partial charge in [-0.25, -0.2) is 27.7 Å². The summed E-state index contributed by atoms with van der Waals surface area (Å²) >= 11 is 1.04. The van der Waals surface area contributed by atoms with Crippen LogP contribution in [0.25, 0.3) is 10.9 Å². The number of alkyl halides is 6. The molecular formula is C49H64F6N6O11S2. The molecule has 6 aliphatic rings. The molecule has 0 bridgehead atoms. The number of rotatable bonds is 9. The summed E-state index contributed by atoms with van der Waals surface area (Å²) in [5, 5.41) is 12.4. The Morgan fingerprint density at radius 2 is 1.66 bits per heavy atom. The molecule has 25 heteroatoms. The van der Waals surface area contributed by atoms with Crippen molar-refractivity contribution in [3.63, 3.8) is 0 Å². The van der Waals surface area contributed by atoms with Crippen molar-refractivity contribution in [3.8, 4) is 11.5 Å². The summed E-state index contributed by atoms with van der Waals surface area (Å²) < 4.78 is 123. The number of carboxylic acids is 1. The average Bonchev–Trinajstić information content (AvgIpc) is 4.21. The molecule has 1 saturated carbocycles. The van der Waals surface area contributed by atoms with Crippen molar-refractivity contribution in [1.82, 2.24) is 30.1 Å². The van der Waals surface area contributed by atoms with Crippen LogP contribution in [-0.2, 0) is 46.5 Å². The highest BCUT2D eigenvalue weighted by Crippen LogP contribution is 2.54. The van der Waals surface area contributed by atoms with Gasteiger partial charge in [0.25, 0.3) is 5.91 Å². The number of thioether (sulfide) groups is 1. The van der Waals surface area contributed by atoms with Crippen LogP contribution in [0.15, 0.2) is 30.4 Å². The minimum atomic E-state index is -5.08. The monoisotopic (exact) mass is 1090 g/mol. The van der Waals surface area contributed by atoms with Crippen LogP contribution in [0.3, 0.4) is 0 Å². The highest BCUT2D eigenvalue weighted by atomic mass is 32.2. The molecule has 8 rings (SSSR count). The number of halogens is 6. The van der Waals surface area contributed by atoms with Gasteiger partial charge in [-0.2, -0.15) is 26.3 Å². The summed E-state index contributed by atoms with van der Waals surface area (Å²) in [7, 11) is -4.12. The number of amides is 4. The van der Waals surface area contributed by atoms with Crippen LogP contribution in [0.2, 0.25) is 0 Å². The Kier molecular flexibility index (Phi) is 16.5. The number of alkyl carbamates (subject to hydrolysis) is 1. The molecule has 1 spiro atoms. The number of hydrogen-bond acceptors (Lipinski definition) is 13. The van der Waals surface area contributed by atoms with Crippen LogP contribution in [0.5, 0.6) is 11.5 Å². The van der Waals surface area contributed by atoms with E-state index in [9.17, 15) is 40.8 Å². The van der Waals surface area contributed by atoms with E-state index in [1.807, 2.05) is 19.9 Å². The zero-order chi connectivity index (χ0) is 54.3. The number of sulfonamides is 1. The number of benzene rings is 1. The second-order valence-corrected chi connectivity index (χ2v) is 24.5. The number of aryl methyl sites for hydroxylation is 1. The zero-order valence-electron chi connectivity index (χ0n) is 42.0. The second-order valence-electron chi connectivity index (χ2n) is 20.9. The van der Waals surface area contributed by atoms with E-state index in [1.165, 1.54) is 17.9 Å². The number of carboxylic acid groups (broad SMARTS) is 1. The fourth-order valence-electron chi connectivity index (χ4n) is 9.57. The van der Waals surface area contributed by atoms with Crippen molar-refractivity contribution in [2.75, 3.05) is 19.6 Å². The van der Waals surface area contributed by atoms with Crippen LogP contribution in [-0.4, -0.2) is 135 Å². The largest absolute Gasteiger partial charge is 0.490 e. The van der Waals surface area contributed by atoms with Crippen LogP contribution in [0, 0.1) is 5.92 Å². The third-order valence-corrected chi connectivity index (χ3v) is 18.4. The first kappa shape index (κ1) is 56.7. The molecule has 5 aliphatic heterocycles. The summed E-state index contributed by atoms with van der Waals surface area (Å²) in [6.07, 6.45) is -2.99. The maximum Gasteiger partial charge on any atom is 0.490 e. The SMILES string of the molecule is CC(C)C(C)OC(=O)N[C@H]1CCCCC/C=C\[C@@H]2S[C@@]2(C(=O)NS(=O)(=O)C2(C)CC2)NC(=O)C2C[C@]3(CCc4c(c(C(F)(F)F)nc5ccc(OC6CCN(C(C)C)CC6)cc45)O3)CN2C1=O.O=C(O)C(F)(F)F. The van der Waals surface area contributed by atoms with E-state index in [0.717, 1.165) is 37.7 Å². The summed E-state index contributed by atoms with van der Waals surface area (Å²) in [5.41, 5.74) is -2.40. The summed E-state index contributed by atoms with van der Waals surface area (Å²) in [4.78, 5) is 71.9. The van der Waals surface area contributed by atoms with E-state index >= 15 is 13.2 Å². The van der Waals surface area contributed by atoms with Crippen LogP contribution in [0.1, 0.15) is 123 Å². The zero-order valence-corrected chi connectivity index (χ0v) is 43.6. The minimum absolute atomic E-state index is 0.0312. The second kappa shape index (κ2) is 21.5. The molecule has 1 aromatic carbocycles. The van der Waals surface area contributed by atoms with Gasteiger partial charge in [-0.05, 0) is 110 Å². The van der Waals surface area contributed by atoms with Gasteiger partial charge in [0.2, 0.25) is 21.8 Å². The Hall–Kier alpha value is -5.04. The van der Waals surface area contributed by atoms with Crippen LogP contribution < -0.4 is 24.8 Å². The number of ether oxygens (including phenoxy) is 3. The maximum absolute atomic E-state index is 15.1. The first-order valence-corrected chi connectivity index (χ1v) is 27.3. The lowest BCUT2D eigenvalue weighted by atomic mass is 9.87. The van der Waals surface area contributed by atoms with Gasteiger partial charge in [0.15, 0.2) is 16.3 Å². The molecule has 2 aromatic rings. The van der Waals surface area contributed by atoms with Gasteiger partial charge < -0.3 is 39.8 Å². The lowest BCUT2D eigenvalue weighted by Gasteiger charge is -2.37. The van der Waals surface area contributed by atoms with Crippen LogP contribution in [0.4, 0.5) is 31.1 Å². The smallest absolute Gasteiger partial charge is 0.490 e. The summed E-state index contributed by atoms with van der Waals surface area (Å²) in [6, 6.07) is 2.66. The van der Waals surface area contributed by atoms with Crippen molar-refractivity contribution in [2.45, 2.75) is 182 Å². The van der Waals surface area contributed by atoms with Gasteiger partial charge in [-0.1, -0.05) is 38.8 Å². The minimum Gasteiger partial charge on any atom is -0.490 e. The number of pyridine rings is 1. The number of piperidine rings is 1. The molecule has 4 amide bonds. The van der Waals surface area contributed by atoms with Gasteiger partial charge in [0.1, 0.15) is 35.6 Å². The van der Waals surface area contributed by atoms with Gasteiger partial charge in [-0.3, -0.25) is 14.4 Å². The Balaban J connectivity index is 0.00000107. The fraction of sp³-hybridized carbons (Fsp3) is 0.673. The molecule has 6 heterocycles. The van der Waals surface area contributed by atoms with E-state index in [0.29, 0.717) is 55.7 Å². The van der Waals surface area contributed by atoms with E-state index in [4.69, 9.17) is 24.1 Å². The number of hydrogen-bond donors (Lipinski definition) is 4. The Labute approximate surface area is 429 Å². The molecule has 2 unspecified atom stereocenters. The predicted octanol–water partition coefficient (Wildman–Crippen LogP) is 7.39. The molecule has 17 nitrogen and oxygen atoms in total. The normalized spacial score (nSPS) is 27.4. The fourth-order valence-corrected chi connectivity index (χ4v) is 12.0. The Morgan fingerprint density at radius 1 is 0.986 bits per heavy atom. The molecule has 3 saturated heterocycles. The molecule has 74 heavy (non-hydrogen) atoms. The third-order valence-electron chi connectivity index (χ3n) is 14.8. The lowest BCUT2D eigenvalue weighted by molar-refractivity contribution is -0.192. The molecule has 410 valence electrons. The van der Waals surface area contributed by atoms with Gasteiger partial charge in [0, 0.05) is 36.5 Å². The van der Waals surface area contributed by atoms with Crippen molar-refractivity contribution in [2.24, 2.45) is 5.92 Å². The Morgan fingerprint density at radius 3 is 2.27 bits per heavy atom. The Bertz CT molecular complexity index is 2630. The van der Waals surface area contributed by atoms with E-state index in [-0.39, 0.29) is 55.3 Å². The third kappa shape index (κ3) is 12.6. The molecule has 0 radical (unpaired) electrons. The van der Waals surface area contributed by atoms with Crippen LogP contribution >= 0.6 is 11.8 Å². The van der Waals surface area contributed by atoms with Crippen molar-refractivity contribution < 1.29 is 78.1 Å². The molecule has 4 N–H and O–H groups in total. The van der Waals surface area contributed by atoms with Crippen molar-refractivity contribution in [3.05, 3.63) is 41.6 Å². The number of allylic oxidation sites excluding steroid dienone is 1. The maximum atomic E-state index is 15.1. The number of likely N-dealkylation sites (tertiary alicyclic amines) is 1. The van der Waals surface area contributed by atoms with Gasteiger partial charge >= 0.3 is 24.4 Å². The molecule has 4 fully saturated rings. The lowest BCUT2D eigenvalue weighted by Crippen LogP contribution is -2.58. The van der Waals surface area contributed by atoms with E-state index in [2.05, 4.69) is 39.1 Å². The quantitative estimate of drug-likeness (QED) is 0.109. The number of carbonyl (C=O) groups excluding carboxylic acids is 4. The number of aliphatic carboxylic acids is 1. The average molecular weight is 1090 g/mol. The highest BCUT2D eigenvalue weighted by molar-refractivity contribution is 8.10. The molecule has 1 aromatic heterocycles.